The number of ether oxygens (including phenoxy) is 1. The molecule has 4 heteroatoms. The molecular weight excluding hydrogens is 182 g/mol. The van der Waals surface area contributed by atoms with Crippen molar-refractivity contribution < 1.29 is 14.6 Å². The molecule has 0 aliphatic rings. The molecule has 0 aromatic heterocycles. The van der Waals surface area contributed by atoms with E-state index in [-0.39, 0.29) is 18.6 Å². The van der Waals surface area contributed by atoms with Gasteiger partial charge in [0.25, 0.3) is 0 Å². The van der Waals surface area contributed by atoms with Crippen molar-refractivity contribution in [2.45, 2.75) is 32.7 Å². The number of methoxy groups -OCH3 is 1. The topological polar surface area (TPSA) is 58.6 Å². The van der Waals surface area contributed by atoms with Gasteiger partial charge in [0.05, 0.1) is 7.11 Å². The van der Waals surface area contributed by atoms with Crippen LogP contribution in [0.1, 0.15) is 26.7 Å². The molecule has 2 N–H and O–H groups in total. The molecule has 0 radical (unpaired) electrons. The third-order valence-corrected chi connectivity index (χ3v) is 1.92. The first-order valence-corrected chi connectivity index (χ1v) is 5.03. The molecule has 0 aliphatic heterocycles. The van der Waals surface area contributed by atoms with Crippen LogP contribution in [0.3, 0.4) is 0 Å². The highest BCUT2D eigenvalue weighted by Crippen LogP contribution is 2.05. The van der Waals surface area contributed by atoms with E-state index in [1.165, 1.54) is 7.11 Å². The van der Waals surface area contributed by atoms with Crippen LogP contribution in [-0.4, -0.2) is 37.4 Å². The predicted octanol–water partition coefficient (Wildman–Crippen LogP) is 0.546. The van der Waals surface area contributed by atoms with Crippen LogP contribution in [0.2, 0.25) is 0 Å². The third-order valence-electron chi connectivity index (χ3n) is 1.92. The molecule has 0 spiro atoms. The van der Waals surface area contributed by atoms with Crippen molar-refractivity contribution in [3.63, 3.8) is 0 Å². The van der Waals surface area contributed by atoms with Gasteiger partial charge < -0.3 is 15.2 Å². The second-order valence-electron chi connectivity index (χ2n) is 3.74. The molecular formula is C10H21NO3. The summed E-state index contributed by atoms with van der Waals surface area (Å²) in [6.07, 6.45) is 1.42. The SMILES string of the molecule is COC(=O)[C@H](CC(C)C)NCCCO. The van der Waals surface area contributed by atoms with E-state index in [9.17, 15) is 4.79 Å². The van der Waals surface area contributed by atoms with Gasteiger partial charge in [-0.2, -0.15) is 0 Å². The lowest BCUT2D eigenvalue weighted by molar-refractivity contribution is -0.143. The quantitative estimate of drug-likeness (QED) is 0.468. The highest BCUT2D eigenvalue weighted by atomic mass is 16.5. The van der Waals surface area contributed by atoms with Crippen molar-refractivity contribution in [3.8, 4) is 0 Å². The Morgan fingerprint density at radius 3 is 2.57 bits per heavy atom. The van der Waals surface area contributed by atoms with Gasteiger partial charge in [-0.25, -0.2) is 0 Å². The summed E-state index contributed by atoms with van der Waals surface area (Å²) >= 11 is 0. The Labute approximate surface area is 85.6 Å². The number of nitrogens with one attached hydrogen (secondary N) is 1. The molecule has 1 atom stereocenters. The van der Waals surface area contributed by atoms with Crippen LogP contribution in [0.5, 0.6) is 0 Å². The highest BCUT2D eigenvalue weighted by Gasteiger charge is 2.18. The summed E-state index contributed by atoms with van der Waals surface area (Å²) in [6.45, 7) is 4.90. The molecule has 0 saturated heterocycles. The largest absolute Gasteiger partial charge is 0.468 e. The monoisotopic (exact) mass is 203 g/mol. The number of esters is 1. The van der Waals surface area contributed by atoms with E-state index in [2.05, 4.69) is 23.9 Å². The lowest BCUT2D eigenvalue weighted by Gasteiger charge is -2.17. The summed E-state index contributed by atoms with van der Waals surface area (Å²) in [6, 6.07) is -0.244. The van der Waals surface area contributed by atoms with Crippen molar-refractivity contribution in [2.24, 2.45) is 5.92 Å². The van der Waals surface area contributed by atoms with E-state index in [1.54, 1.807) is 0 Å². The van der Waals surface area contributed by atoms with E-state index < -0.39 is 0 Å². The summed E-state index contributed by atoms with van der Waals surface area (Å²) in [5.41, 5.74) is 0. The summed E-state index contributed by atoms with van der Waals surface area (Å²) in [5, 5.41) is 11.7. The molecule has 84 valence electrons. The molecule has 0 heterocycles. The minimum atomic E-state index is -0.244. The number of hydrogen-bond donors (Lipinski definition) is 2. The van der Waals surface area contributed by atoms with Gasteiger partial charge in [-0.3, -0.25) is 4.79 Å². The first kappa shape index (κ1) is 13.4. The normalized spacial score (nSPS) is 12.9. The van der Waals surface area contributed by atoms with Crippen molar-refractivity contribution in [2.75, 3.05) is 20.3 Å². The van der Waals surface area contributed by atoms with Gasteiger partial charge in [-0.1, -0.05) is 13.8 Å². The van der Waals surface area contributed by atoms with Crippen molar-refractivity contribution in [1.29, 1.82) is 0 Å². The predicted molar refractivity (Wildman–Crippen MR) is 55.0 cm³/mol. The summed E-state index contributed by atoms with van der Waals surface area (Å²) in [4.78, 5) is 11.3. The fourth-order valence-corrected chi connectivity index (χ4v) is 1.23. The lowest BCUT2D eigenvalue weighted by atomic mass is 10.0. The van der Waals surface area contributed by atoms with Crippen LogP contribution in [0.25, 0.3) is 0 Å². The molecule has 4 nitrogen and oxygen atoms in total. The van der Waals surface area contributed by atoms with Gasteiger partial charge in [0.2, 0.25) is 0 Å². The number of carbonyl (C=O) groups excluding carboxylic acids is 1. The second kappa shape index (κ2) is 7.76. The first-order valence-electron chi connectivity index (χ1n) is 5.03. The third kappa shape index (κ3) is 5.94. The molecule has 0 saturated carbocycles. The molecule has 0 aliphatic carbocycles. The maximum absolute atomic E-state index is 11.3. The van der Waals surface area contributed by atoms with Crippen LogP contribution in [0.15, 0.2) is 0 Å². The van der Waals surface area contributed by atoms with Gasteiger partial charge >= 0.3 is 5.97 Å². The molecule has 0 amide bonds. The summed E-state index contributed by atoms with van der Waals surface area (Å²) < 4.78 is 4.68. The van der Waals surface area contributed by atoms with Crippen molar-refractivity contribution in [1.82, 2.24) is 5.32 Å². The van der Waals surface area contributed by atoms with E-state index in [0.29, 0.717) is 18.9 Å². The van der Waals surface area contributed by atoms with Crippen molar-refractivity contribution in [3.05, 3.63) is 0 Å². The van der Waals surface area contributed by atoms with Crippen LogP contribution < -0.4 is 5.32 Å². The van der Waals surface area contributed by atoms with Crippen LogP contribution in [0.4, 0.5) is 0 Å². The van der Waals surface area contributed by atoms with Gasteiger partial charge in [0.15, 0.2) is 0 Å². The van der Waals surface area contributed by atoms with Crippen molar-refractivity contribution >= 4 is 5.97 Å². The number of rotatable bonds is 7. The molecule has 0 aromatic carbocycles. The minimum Gasteiger partial charge on any atom is -0.468 e. The number of hydrogen-bond acceptors (Lipinski definition) is 4. The van der Waals surface area contributed by atoms with Crippen LogP contribution in [-0.2, 0) is 9.53 Å². The maximum Gasteiger partial charge on any atom is 0.322 e. The van der Waals surface area contributed by atoms with Gasteiger partial charge in [-0.05, 0) is 25.3 Å². The fourth-order valence-electron chi connectivity index (χ4n) is 1.23. The molecule has 0 fully saturated rings. The molecule has 0 aromatic rings. The maximum atomic E-state index is 11.3. The average molecular weight is 203 g/mol. The van der Waals surface area contributed by atoms with Crippen LogP contribution in [0, 0.1) is 5.92 Å². The zero-order valence-corrected chi connectivity index (χ0v) is 9.25. The second-order valence-corrected chi connectivity index (χ2v) is 3.74. The Morgan fingerprint density at radius 2 is 2.14 bits per heavy atom. The van der Waals surface area contributed by atoms with Gasteiger partial charge in [0, 0.05) is 6.61 Å². The minimum absolute atomic E-state index is 0.141. The first-order chi connectivity index (χ1) is 6.61. The van der Waals surface area contributed by atoms with Crippen LogP contribution >= 0.6 is 0 Å². The molecule has 0 unspecified atom stereocenters. The van der Waals surface area contributed by atoms with E-state index in [0.717, 1.165) is 6.42 Å². The fraction of sp³-hybridized carbons (Fsp3) is 0.900. The Hall–Kier alpha value is -0.610. The number of aliphatic hydroxyl groups is 1. The lowest BCUT2D eigenvalue weighted by Crippen LogP contribution is -2.39. The number of carbonyl (C=O) groups is 1. The average Bonchev–Trinajstić information content (AvgIpc) is 2.15. The zero-order chi connectivity index (χ0) is 11.0. The number of aliphatic hydroxyl groups excluding tert-OH is 1. The molecule has 14 heavy (non-hydrogen) atoms. The highest BCUT2D eigenvalue weighted by molar-refractivity contribution is 5.75. The summed E-state index contributed by atoms with van der Waals surface area (Å²) in [5.74, 6) is 0.220. The Morgan fingerprint density at radius 1 is 1.50 bits per heavy atom. The van der Waals surface area contributed by atoms with Gasteiger partial charge in [0.1, 0.15) is 6.04 Å². The zero-order valence-electron chi connectivity index (χ0n) is 9.25. The van der Waals surface area contributed by atoms with E-state index >= 15 is 0 Å². The Bertz CT molecular complexity index is 159. The molecule has 0 rings (SSSR count). The van der Waals surface area contributed by atoms with Gasteiger partial charge in [-0.15, -0.1) is 0 Å². The Kier molecular flexibility index (Phi) is 7.42. The smallest absolute Gasteiger partial charge is 0.322 e. The Balaban J connectivity index is 3.91. The van der Waals surface area contributed by atoms with E-state index in [4.69, 9.17) is 5.11 Å². The standard InChI is InChI=1S/C10H21NO3/c1-8(2)7-9(10(13)14-3)11-5-4-6-12/h8-9,11-12H,4-7H2,1-3H3/t9-/m0/s1. The molecule has 0 bridgehead atoms. The van der Waals surface area contributed by atoms with E-state index in [1.807, 2.05) is 0 Å². The summed E-state index contributed by atoms with van der Waals surface area (Å²) in [7, 11) is 1.39.